The van der Waals surface area contributed by atoms with Crippen LogP contribution < -0.4 is 4.74 Å². The predicted octanol–water partition coefficient (Wildman–Crippen LogP) is 5.09. The molecule has 1 saturated heterocycles. The second-order valence-electron chi connectivity index (χ2n) is 7.57. The Morgan fingerprint density at radius 3 is 2.55 bits per heavy atom. The summed E-state index contributed by atoms with van der Waals surface area (Å²) in [6, 6.07) is 15.5. The van der Waals surface area contributed by atoms with Gasteiger partial charge in [-0.1, -0.05) is 23.4 Å². The number of nitrogens with zero attached hydrogens (tertiary/aromatic N) is 4. The summed E-state index contributed by atoms with van der Waals surface area (Å²) in [7, 11) is 1.64. The summed E-state index contributed by atoms with van der Waals surface area (Å²) >= 11 is 7.51. The number of aromatic nitrogens is 3. The van der Waals surface area contributed by atoms with Gasteiger partial charge in [0.25, 0.3) is 0 Å². The van der Waals surface area contributed by atoms with Crippen LogP contribution in [0.1, 0.15) is 26.2 Å². The highest BCUT2D eigenvalue weighted by atomic mass is 35.5. The molecule has 6 nitrogen and oxygen atoms in total. The lowest BCUT2D eigenvalue weighted by Crippen LogP contribution is -2.42. The number of carbonyl (C=O) groups is 1. The third-order valence-electron chi connectivity index (χ3n) is 5.51. The highest BCUT2D eigenvalue weighted by molar-refractivity contribution is 7.99. The molecule has 1 atom stereocenters. The van der Waals surface area contributed by atoms with Gasteiger partial charge in [-0.2, -0.15) is 0 Å². The maximum atomic E-state index is 12.8. The molecule has 31 heavy (non-hydrogen) atoms. The summed E-state index contributed by atoms with van der Waals surface area (Å²) in [5.74, 6) is 1.95. The third kappa shape index (κ3) is 4.88. The Balaban J connectivity index is 1.63. The minimum absolute atomic E-state index is 0.147. The van der Waals surface area contributed by atoms with Crippen molar-refractivity contribution in [3.05, 3.63) is 53.6 Å². The van der Waals surface area contributed by atoms with Gasteiger partial charge in [0.1, 0.15) is 5.75 Å². The number of likely N-dealkylation sites (tertiary alicyclic amines) is 1. The molecule has 1 amide bonds. The maximum absolute atomic E-state index is 12.8. The van der Waals surface area contributed by atoms with Crippen molar-refractivity contribution < 1.29 is 9.53 Å². The first kappa shape index (κ1) is 21.7. The average molecular weight is 457 g/mol. The number of thioether (sulfide) groups is 1. The number of carbonyl (C=O) groups excluding carboxylic acids is 1. The molecular weight excluding hydrogens is 432 g/mol. The van der Waals surface area contributed by atoms with E-state index in [0.717, 1.165) is 36.4 Å². The Labute approximate surface area is 191 Å². The van der Waals surface area contributed by atoms with Crippen molar-refractivity contribution in [1.29, 1.82) is 0 Å². The summed E-state index contributed by atoms with van der Waals surface area (Å²) in [4.78, 5) is 14.8. The van der Waals surface area contributed by atoms with Crippen LogP contribution in [0.3, 0.4) is 0 Å². The summed E-state index contributed by atoms with van der Waals surface area (Å²) in [5, 5.41) is 10.2. The van der Waals surface area contributed by atoms with E-state index in [1.165, 1.54) is 18.2 Å². The molecule has 0 N–H and O–H groups in total. The van der Waals surface area contributed by atoms with Gasteiger partial charge in [-0.25, -0.2) is 0 Å². The minimum atomic E-state index is 0.147. The van der Waals surface area contributed by atoms with E-state index in [4.69, 9.17) is 16.3 Å². The van der Waals surface area contributed by atoms with Gasteiger partial charge in [0.2, 0.25) is 5.91 Å². The largest absolute Gasteiger partial charge is 0.497 e. The number of ether oxygens (including phenoxy) is 1. The van der Waals surface area contributed by atoms with E-state index in [2.05, 4.69) is 17.1 Å². The Morgan fingerprint density at radius 2 is 1.87 bits per heavy atom. The fourth-order valence-electron chi connectivity index (χ4n) is 3.79. The summed E-state index contributed by atoms with van der Waals surface area (Å²) in [6.07, 6.45) is 3.33. The summed E-state index contributed by atoms with van der Waals surface area (Å²) in [6.45, 7) is 2.96. The zero-order valence-corrected chi connectivity index (χ0v) is 19.2. The van der Waals surface area contributed by atoms with Crippen molar-refractivity contribution in [3.63, 3.8) is 0 Å². The maximum Gasteiger partial charge on any atom is 0.233 e. The molecule has 2 heterocycles. The Morgan fingerprint density at radius 1 is 1.13 bits per heavy atom. The Kier molecular flexibility index (Phi) is 6.83. The second-order valence-corrected chi connectivity index (χ2v) is 8.95. The van der Waals surface area contributed by atoms with Crippen LogP contribution in [0.2, 0.25) is 5.02 Å². The van der Waals surface area contributed by atoms with Crippen LogP contribution in [0.4, 0.5) is 0 Å². The van der Waals surface area contributed by atoms with Crippen molar-refractivity contribution in [1.82, 2.24) is 19.7 Å². The average Bonchev–Trinajstić information content (AvgIpc) is 3.22. The van der Waals surface area contributed by atoms with E-state index >= 15 is 0 Å². The number of methoxy groups -OCH3 is 1. The summed E-state index contributed by atoms with van der Waals surface area (Å²) in [5.41, 5.74) is 1.80. The van der Waals surface area contributed by atoms with Gasteiger partial charge in [0.15, 0.2) is 11.0 Å². The van der Waals surface area contributed by atoms with Crippen molar-refractivity contribution in [2.45, 2.75) is 37.4 Å². The number of benzene rings is 2. The van der Waals surface area contributed by atoms with E-state index in [0.29, 0.717) is 27.8 Å². The Hall–Kier alpha value is -2.51. The van der Waals surface area contributed by atoms with Crippen LogP contribution in [0.25, 0.3) is 17.1 Å². The van der Waals surface area contributed by atoms with Crippen LogP contribution in [0.15, 0.2) is 53.7 Å². The number of piperidine rings is 1. The highest BCUT2D eigenvalue weighted by Crippen LogP contribution is 2.30. The molecule has 0 radical (unpaired) electrons. The Bertz CT molecular complexity index is 1040. The third-order valence-corrected chi connectivity index (χ3v) is 6.68. The summed E-state index contributed by atoms with van der Waals surface area (Å²) < 4.78 is 7.23. The number of hydrogen-bond donors (Lipinski definition) is 0. The molecule has 162 valence electrons. The lowest BCUT2D eigenvalue weighted by molar-refractivity contribution is -0.131. The van der Waals surface area contributed by atoms with Crippen molar-refractivity contribution >= 4 is 29.3 Å². The van der Waals surface area contributed by atoms with Gasteiger partial charge in [0.05, 0.1) is 12.9 Å². The van der Waals surface area contributed by atoms with E-state index in [1.54, 1.807) is 7.11 Å². The lowest BCUT2D eigenvalue weighted by atomic mass is 10.0. The van der Waals surface area contributed by atoms with Gasteiger partial charge in [-0.3, -0.25) is 9.36 Å². The molecular formula is C23H25ClN4O2S. The molecule has 2 aromatic carbocycles. The van der Waals surface area contributed by atoms with Crippen LogP contribution in [0.5, 0.6) is 5.75 Å². The van der Waals surface area contributed by atoms with Crippen molar-refractivity contribution in [2.75, 3.05) is 19.4 Å². The van der Waals surface area contributed by atoms with Gasteiger partial charge < -0.3 is 9.64 Å². The number of amides is 1. The first-order valence-corrected chi connectivity index (χ1v) is 11.7. The van der Waals surface area contributed by atoms with E-state index < -0.39 is 0 Å². The SMILES string of the molecule is COc1ccc(-c2nnc(SCC(=O)N3CCCCC3C)n2-c2ccc(Cl)cc2)cc1. The molecule has 8 heteroatoms. The molecule has 0 spiro atoms. The monoisotopic (exact) mass is 456 g/mol. The molecule has 0 aliphatic carbocycles. The van der Waals surface area contributed by atoms with E-state index in [1.807, 2.05) is 58.0 Å². The first-order chi connectivity index (χ1) is 15.1. The van der Waals surface area contributed by atoms with Crippen molar-refractivity contribution in [3.8, 4) is 22.8 Å². The molecule has 0 bridgehead atoms. The molecule has 1 unspecified atom stereocenters. The van der Waals surface area contributed by atoms with Gasteiger partial charge >= 0.3 is 0 Å². The first-order valence-electron chi connectivity index (χ1n) is 10.3. The fraction of sp³-hybridized carbons (Fsp3) is 0.348. The molecule has 3 aromatic rings. The second kappa shape index (κ2) is 9.75. The normalized spacial score (nSPS) is 16.4. The molecule has 1 fully saturated rings. The molecule has 0 saturated carbocycles. The highest BCUT2D eigenvalue weighted by Gasteiger charge is 2.24. The van der Waals surface area contributed by atoms with Crippen molar-refractivity contribution in [2.24, 2.45) is 0 Å². The number of hydrogen-bond acceptors (Lipinski definition) is 5. The smallest absolute Gasteiger partial charge is 0.233 e. The van der Waals surface area contributed by atoms with E-state index in [9.17, 15) is 4.79 Å². The number of halogens is 1. The molecule has 1 aliphatic rings. The van der Waals surface area contributed by atoms with Crippen LogP contribution in [0, 0.1) is 0 Å². The van der Waals surface area contributed by atoms with Gasteiger partial charge in [-0.05, 0) is 74.7 Å². The van der Waals surface area contributed by atoms with Crippen LogP contribution >= 0.6 is 23.4 Å². The van der Waals surface area contributed by atoms with Crippen LogP contribution in [-0.4, -0.2) is 51.0 Å². The quantitative estimate of drug-likeness (QED) is 0.483. The topological polar surface area (TPSA) is 60.3 Å². The minimum Gasteiger partial charge on any atom is -0.497 e. The fourth-order valence-corrected chi connectivity index (χ4v) is 4.76. The standard InChI is InChI=1S/C23H25ClN4O2S/c1-16-5-3-4-14-27(16)21(29)15-31-23-26-25-22(17-6-12-20(30-2)13-7-17)28(23)19-10-8-18(24)9-11-19/h6-13,16H,3-5,14-15H2,1-2H3. The molecule has 1 aliphatic heterocycles. The van der Waals surface area contributed by atoms with E-state index in [-0.39, 0.29) is 5.91 Å². The molecule has 4 rings (SSSR count). The van der Waals surface area contributed by atoms with Gasteiger partial charge in [0, 0.05) is 28.9 Å². The predicted molar refractivity (Wildman–Crippen MR) is 124 cm³/mol. The zero-order chi connectivity index (χ0) is 21.8. The molecule has 1 aromatic heterocycles. The van der Waals surface area contributed by atoms with Crippen LogP contribution in [-0.2, 0) is 4.79 Å². The lowest BCUT2D eigenvalue weighted by Gasteiger charge is -2.33. The van der Waals surface area contributed by atoms with Gasteiger partial charge in [-0.15, -0.1) is 10.2 Å². The number of rotatable bonds is 6. The zero-order valence-electron chi connectivity index (χ0n) is 17.6.